The number of hydrogen-bond donors (Lipinski definition) is 0. The molecule has 2 amide bonds. The Morgan fingerprint density at radius 2 is 2.00 bits per heavy atom. The monoisotopic (exact) mass is 433 g/mol. The summed E-state index contributed by atoms with van der Waals surface area (Å²) in [4.78, 5) is 45.4. The van der Waals surface area contributed by atoms with E-state index in [4.69, 9.17) is 4.74 Å². The molecule has 1 aromatic rings. The highest BCUT2D eigenvalue weighted by Gasteiger charge is 2.30. The summed E-state index contributed by atoms with van der Waals surface area (Å²) in [5, 5.41) is 1.25. The molecule has 0 aromatic carbocycles. The molecular weight excluding hydrogens is 402 g/mol. The van der Waals surface area contributed by atoms with Crippen molar-refractivity contribution in [1.82, 2.24) is 14.8 Å². The maximum absolute atomic E-state index is 13.0. The van der Waals surface area contributed by atoms with Gasteiger partial charge in [-0.1, -0.05) is 12.8 Å². The Labute approximate surface area is 182 Å². The lowest BCUT2D eigenvalue weighted by atomic mass is 9.98. The summed E-state index contributed by atoms with van der Waals surface area (Å²) >= 11 is 1.67. The van der Waals surface area contributed by atoms with Crippen LogP contribution in [-0.4, -0.2) is 71.1 Å². The summed E-state index contributed by atoms with van der Waals surface area (Å²) in [6.45, 7) is 3.06. The molecule has 30 heavy (non-hydrogen) atoms. The summed E-state index contributed by atoms with van der Waals surface area (Å²) in [7, 11) is 1.64. The van der Waals surface area contributed by atoms with E-state index >= 15 is 0 Å². The Morgan fingerprint density at radius 1 is 1.23 bits per heavy atom. The molecule has 2 heterocycles. The molecular formula is C22H31N3O4S. The molecule has 1 aliphatic heterocycles. The van der Waals surface area contributed by atoms with Gasteiger partial charge in [0.2, 0.25) is 5.91 Å². The number of piperidine rings is 1. The highest BCUT2D eigenvalue weighted by molar-refractivity contribution is 7.99. The highest BCUT2D eigenvalue weighted by Crippen LogP contribution is 2.35. The van der Waals surface area contributed by atoms with Crippen LogP contribution in [0.5, 0.6) is 0 Å². The summed E-state index contributed by atoms with van der Waals surface area (Å²) in [5.74, 6) is -0.871. The number of thioether (sulfide) groups is 1. The molecule has 0 radical (unpaired) electrons. The van der Waals surface area contributed by atoms with Gasteiger partial charge in [-0.05, 0) is 44.7 Å². The van der Waals surface area contributed by atoms with E-state index in [0.29, 0.717) is 30.5 Å². The van der Waals surface area contributed by atoms with Crippen molar-refractivity contribution < 1.29 is 19.1 Å². The van der Waals surface area contributed by atoms with Crippen LogP contribution in [0.4, 0.5) is 0 Å². The Kier molecular flexibility index (Phi) is 8.13. The topological polar surface area (TPSA) is 79.8 Å². The molecule has 1 atom stereocenters. The Bertz CT molecular complexity index is 767. The Hall–Kier alpha value is -2.09. The SMILES string of the molecule is CCOC(=O)C1CCCN(C(=O)CN(C)C(=O)c2cccnc2SC2CCCC2)C1. The number of ether oxygens (including phenoxy) is 1. The average molecular weight is 434 g/mol. The van der Waals surface area contributed by atoms with Gasteiger partial charge >= 0.3 is 5.97 Å². The van der Waals surface area contributed by atoms with Gasteiger partial charge in [-0.3, -0.25) is 14.4 Å². The van der Waals surface area contributed by atoms with Gasteiger partial charge in [-0.15, -0.1) is 11.8 Å². The minimum absolute atomic E-state index is 0.0171. The van der Waals surface area contributed by atoms with Gasteiger partial charge in [-0.2, -0.15) is 0 Å². The zero-order valence-corrected chi connectivity index (χ0v) is 18.7. The minimum atomic E-state index is -0.281. The third kappa shape index (κ3) is 5.74. The largest absolute Gasteiger partial charge is 0.466 e. The quantitative estimate of drug-likeness (QED) is 0.615. The molecule has 164 valence electrons. The van der Waals surface area contributed by atoms with Crippen LogP contribution in [0, 0.1) is 5.92 Å². The Morgan fingerprint density at radius 3 is 2.73 bits per heavy atom. The predicted octanol–water partition coefficient (Wildman–Crippen LogP) is 2.99. The molecule has 1 saturated heterocycles. The van der Waals surface area contributed by atoms with Crippen LogP contribution in [0.15, 0.2) is 23.4 Å². The second kappa shape index (κ2) is 10.8. The lowest BCUT2D eigenvalue weighted by molar-refractivity contribution is -0.151. The van der Waals surface area contributed by atoms with Crippen molar-refractivity contribution >= 4 is 29.5 Å². The van der Waals surface area contributed by atoms with Crippen LogP contribution in [0.2, 0.25) is 0 Å². The van der Waals surface area contributed by atoms with Gasteiger partial charge in [0.15, 0.2) is 0 Å². The number of carbonyl (C=O) groups is 3. The maximum atomic E-state index is 13.0. The van der Waals surface area contributed by atoms with Gasteiger partial charge < -0.3 is 14.5 Å². The van der Waals surface area contributed by atoms with E-state index < -0.39 is 0 Å². The first-order chi connectivity index (χ1) is 14.5. The Balaban J connectivity index is 1.60. The second-order valence-electron chi connectivity index (χ2n) is 7.97. The van der Waals surface area contributed by atoms with Crippen molar-refractivity contribution in [2.75, 3.05) is 33.3 Å². The zero-order valence-electron chi connectivity index (χ0n) is 17.8. The number of rotatable bonds is 7. The van der Waals surface area contributed by atoms with Crippen molar-refractivity contribution in [2.45, 2.75) is 55.7 Å². The van der Waals surface area contributed by atoms with Gasteiger partial charge in [0.1, 0.15) is 5.03 Å². The number of aromatic nitrogens is 1. The van der Waals surface area contributed by atoms with Crippen LogP contribution in [0.1, 0.15) is 55.8 Å². The van der Waals surface area contributed by atoms with Gasteiger partial charge in [-0.25, -0.2) is 4.98 Å². The van der Waals surface area contributed by atoms with Crippen molar-refractivity contribution in [2.24, 2.45) is 5.92 Å². The third-order valence-corrected chi connectivity index (χ3v) is 7.05. The van der Waals surface area contributed by atoms with E-state index in [1.165, 1.54) is 17.7 Å². The molecule has 7 nitrogen and oxygen atoms in total. The number of hydrogen-bond acceptors (Lipinski definition) is 6. The van der Waals surface area contributed by atoms with Crippen LogP contribution in [0.3, 0.4) is 0 Å². The number of nitrogens with zero attached hydrogens (tertiary/aromatic N) is 3. The first kappa shape index (κ1) is 22.6. The maximum Gasteiger partial charge on any atom is 0.310 e. The van der Waals surface area contributed by atoms with Crippen LogP contribution in [-0.2, 0) is 14.3 Å². The van der Waals surface area contributed by atoms with Crippen molar-refractivity contribution in [3.63, 3.8) is 0 Å². The summed E-state index contributed by atoms with van der Waals surface area (Å²) in [5.41, 5.74) is 0.549. The van der Waals surface area contributed by atoms with Gasteiger partial charge in [0.25, 0.3) is 5.91 Å². The highest BCUT2D eigenvalue weighted by atomic mass is 32.2. The van der Waals surface area contributed by atoms with E-state index in [0.717, 1.165) is 30.7 Å². The number of likely N-dealkylation sites (tertiary alicyclic amines) is 1. The molecule has 0 N–H and O–H groups in total. The van der Waals surface area contributed by atoms with Crippen LogP contribution in [0.25, 0.3) is 0 Å². The fraction of sp³-hybridized carbons (Fsp3) is 0.636. The molecule has 1 aliphatic carbocycles. The lowest BCUT2D eigenvalue weighted by Crippen LogP contribution is -2.47. The fourth-order valence-corrected chi connectivity index (χ4v) is 5.34. The zero-order chi connectivity index (χ0) is 21.5. The lowest BCUT2D eigenvalue weighted by Gasteiger charge is -2.32. The minimum Gasteiger partial charge on any atom is -0.466 e. The van der Waals surface area contributed by atoms with E-state index in [1.54, 1.807) is 49.0 Å². The van der Waals surface area contributed by atoms with E-state index in [1.807, 2.05) is 0 Å². The van der Waals surface area contributed by atoms with Crippen LogP contribution >= 0.6 is 11.8 Å². The number of pyridine rings is 1. The fourth-order valence-electron chi connectivity index (χ4n) is 4.05. The summed E-state index contributed by atoms with van der Waals surface area (Å²) in [6, 6.07) is 3.54. The molecule has 8 heteroatoms. The van der Waals surface area contributed by atoms with E-state index in [2.05, 4.69) is 4.98 Å². The molecule has 2 fully saturated rings. The predicted molar refractivity (Wildman–Crippen MR) is 115 cm³/mol. The molecule has 0 spiro atoms. The van der Waals surface area contributed by atoms with Gasteiger partial charge in [0, 0.05) is 31.6 Å². The smallest absolute Gasteiger partial charge is 0.310 e. The average Bonchev–Trinajstić information content (AvgIpc) is 3.27. The van der Waals surface area contributed by atoms with Crippen molar-refractivity contribution in [1.29, 1.82) is 0 Å². The molecule has 2 aliphatic rings. The van der Waals surface area contributed by atoms with Crippen molar-refractivity contribution in [3.8, 4) is 0 Å². The van der Waals surface area contributed by atoms with Crippen molar-refractivity contribution in [3.05, 3.63) is 23.9 Å². The molecule has 1 aromatic heterocycles. The molecule has 3 rings (SSSR count). The molecule has 0 bridgehead atoms. The van der Waals surface area contributed by atoms with Crippen LogP contribution < -0.4 is 0 Å². The second-order valence-corrected chi connectivity index (χ2v) is 9.26. The summed E-state index contributed by atoms with van der Waals surface area (Å²) < 4.78 is 5.10. The summed E-state index contributed by atoms with van der Waals surface area (Å²) in [6.07, 6.45) is 7.96. The number of likely N-dealkylation sites (N-methyl/N-ethyl adjacent to an activating group) is 1. The standard InChI is InChI=1S/C22H31N3O4S/c1-3-29-22(28)16-8-7-13-25(14-16)19(26)15-24(2)21(27)18-11-6-12-23-20(18)30-17-9-4-5-10-17/h6,11-12,16-17H,3-5,7-10,13-15H2,1-2H3. The number of esters is 1. The van der Waals surface area contributed by atoms with Gasteiger partial charge in [0.05, 0.1) is 24.6 Å². The molecule has 1 saturated carbocycles. The molecule has 1 unspecified atom stereocenters. The first-order valence-electron chi connectivity index (χ1n) is 10.8. The van der Waals surface area contributed by atoms with E-state index in [-0.39, 0.29) is 30.2 Å². The third-order valence-electron chi connectivity index (χ3n) is 5.70. The number of amides is 2. The normalized spacial score (nSPS) is 19.5. The van der Waals surface area contributed by atoms with E-state index in [9.17, 15) is 14.4 Å². The first-order valence-corrected chi connectivity index (χ1v) is 11.7. The number of carbonyl (C=O) groups excluding carboxylic acids is 3.